The Balaban J connectivity index is 1.92. The number of rotatable bonds is 4. The van der Waals surface area contributed by atoms with Crippen molar-refractivity contribution < 1.29 is 14.5 Å². The molecule has 7 nitrogen and oxygen atoms in total. The highest BCUT2D eigenvalue weighted by molar-refractivity contribution is 6.32. The number of esters is 1. The van der Waals surface area contributed by atoms with Gasteiger partial charge in [-0.15, -0.1) is 0 Å². The topological polar surface area (TPSA) is 98.1 Å². The zero-order valence-corrected chi connectivity index (χ0v) is 13.8. The molecule has 0 spiro atoms. The number of halogens is 1. The second-order valence-electron chi connectivity index (χ2n) is 5.18. The molecule has 0 aliphatic rings. The second kappa shape index (κ2) is 6.74. The number of nitrogens with zero attached hydrogens (tertiary/aromatic N) is 2. The lowest BCUT2D eigenvalue weighted by atomic mass is 10.1. The van der Waals surface area contributed by atoms with E-state index in [-0.39, 0.29) is 5.69 Å². The Morgan fingerprint density at radius 2 is 2.12 bits per heavy atom. The van der Waals surface area contributed by atoms with Crippen LogP contribution in [0.2, 0.25) is 5.02 Å². The summed E-state index contributed by atoms with van der Waals surface area (Å²) in [5, 5.41) is 12.0. The number of nitro groups is 1. The van der Waals surface area contributed by atoms with Crippen molar-refractivity contribution in [2.45, 2.75) is 0 Å². The normalized spacial score (nSPS) is 11.1. The van der Waals surface area contributed by atoms with E-state index >= 15 is 0 Å². The van der Waals surface area contributed by atoms with Crippen molar-refractivity contribution in [3.8, 4) is 0 Å². The minimum Gasteiger partial charge on any atom is -0.464 e. The van der Waals surface area contributed by atoms with Gasteiger partial charge in [0, 0.05) is 28.7 Å². The van der Waals surface area contributed by atoms with Gasteiger partial charge in [0.05, 0.1) is 12.0 Å². The monoisotopic (exact) mass is 357 g/mol. The van der Waals surface area contributed by atoms with Crippen molar-refractivity contribution in [1.29, 1.82) is 0 Å². The smallest absolute Gasteiger partial charge is 0.354 e. The van der Waals surface area contributed by atoms with E-state index in [0.717, 1.165) is 10.9 Å². The lowest BCUT2D eigenvalue weighted by molar-refractivity contribution is -0.384. The van der Waals surface area contributed by atoms with Crippen LogP contribution in [0.1, 0.15) is 21.6 Å². The van der Waals surface area contributed by atoms with Gasteiger partial charge in [-0.05, 0) is 29.3 Å². The zero-order valence-electron chi connectivity index (χ0n) is 13.0. The summed E-state index contributed by atoms with van der Waals surface area (Å²) in [5.41, 5.74) is 2.12. The van der Waals surface area contributed by atoms with E-state index in [1.807, 2.05) is 6.07 Å². The van der Waals surface area contributed by atoms with E-state index in [4.69, 9.17) is 11.6 Å². The van der Waals surface area contributed by atoms with Crippen molar-refractivity contribution in [3.05, 3.63) is 68.5 Å². The number of hydrogen-bond acceptors (Lipinski definition) is 5. The summed E-state index contributed by atoms with van der Waals surface area (Å²) in [4.78, 5) is 29.0. The first-order valence-corrected chi connectivity index (χ1v) is 7.55. The highest BCUT2D eigenvalue weighted by atomic mass is 35.5. The van der Waals surface area contributed by atoms with E-state index in [2.05, 4.69) is 14.7 Å². The average molecular weight is 358 g/mol. The number of pyridine rings is 1. The number of H-pyrrole nitrogens is 1. The summed E-state index contributed by atoms with van der Waals surface area (Å²) in [5.74, 6) is -0.474. The fraction of sp³-hybridized carbons (Fsp3) is 0.0588. The molecule has 1 aromatic carbocycles. The molecule has 1 N–H and O–H groups in total. The summed E-state index contributed by atoms with van der Waals surface area (Å²) in [7, 11) is 1.30. The number of aromatic nitrogens is 2. The summed E-state index contributed by atoms with van der Waals surface area (Å²) in [6.45, 7) is 0. The fourth-order valence-electron chi connectivity index (χ4n) is 2.30. The van der Waals surface area contributed by atoms with Crippen molar-refractivity contribution in [3.63, 3.8) is 0 Å². The Hall–Kier alpha value is -3.19. The highest BCUT2D eigenvalue weighted by Gasteiger charge is 2.10. The first-order valence-electron chi connectivity index (χ1n) is 7.17. The number of non-ortho nitro benzene ring substituents is 1. The lowest BCUT2D eigenvalue weighted by Crippen LogP contribution is -2.00. The Bertz CT molecular complexity index is 1010. The van der Waals surface area contributed by atoms with Crippen LogP contribution in [0.3, 0.4) is 0 Å². The van der Waals surface area contributed by atoms with Crippen molar-refractivity contribution in [2.75, 3.05) is 7.11 Å². The largest absolute Gasteiger partial charge is 0.464 e. The third-order valence-electron chi connectivity index (χ3n) is 3.54. The molecule has 0 saturated carbocycles. The molecule has 0 unspecified atom stereocenters. The van der Waals surface area contributed by atoms with Gasteiger partial charge in [-0.3, -0.25) is 10.1 Å². The van der Waals surface area contributed by atoms with Gasteiger partial charge in [-0.1, -0.05) is 23.8 Å². The molecule has 2 aromatic heterocycles. The van der Waals surface area contributed by atoms with Gasteiger partial charge in [0.1, 0.15) is 11.3 Å². The van der Waals surface area contributed by atoms with Crippen LogP contribution >= 0.6 is 11.6 Å². The number of nitro benzene ring substituents is 1. The Morgan fingerprint density at radius 1 is 1.32 bits per heavy atom. The van der Waals surface area contributed by atoms with Gasteiger partial charge in [0.2, 0.25) is 0 Å². The van der Waals surface area contributed by atoms with Crippen molar-refractivity contribution in [2.24, 2.45) is 0 Å². The van der Waals surface area contributed by atoms with E-state index in [9.17, 15) is 14.9 Å². The number of nitrogens with one attached hydrogen (secondary N) is 1. The molecular formula is C17H12ClN3O4. The van der Waals surface area contributed by atoms with Gasteiger partial charge in [0.15, 0.2) is 0 Å². The maximum absolute atomic E-state index is 11.5. The molecular weight excluding hydrogens is 346 g/mol. The zero-order chi connectivity index (χ0) is 18.0. The molecule has 3 aromatic rings. The Kier molecular flexibility index (Phi) is 4.49. The molecule has 3 rings (SSSR count). The predicted molar refractivity (Wildman–Crippen MR) is 94.5 cm³/mol. The number of ether oxygens (including phenoxy) is 1. The average Bonchev–Trinajstić information content (AvgIpc) is 3.03. The molecule has 0 amide bonds. The molecule has 0 aliphatic heterocycles. The van der Waals surface area contributed by atoms with Gasteiger partial charge in [-0.2, -0.15) is 0 Å². The van der Waals surface area contributed by atoms with Crippen LogP contribution in [0.4, 0.5) is 5.69 Å². The number of fused-ring (bicyclic) bond motifs is 1. The lowest BCUT2D eigenvalue weighted by Gasteiger charge is -1.99. The van der Waals surface area contributed by atoms with Crippen LogP contribution in [-0.2, 0) is 4.74 Å². The van der Waals surface area contributed by atoms with Gasteiger partial charge < -0.3 is 9.72 Å². The van der Waals surface area contributed by atoms with Crippen molar-refractivity contribution >= 4 is 46.4 Å². The number of hydrogen-bond donors (Lipinski definition) is 1. The summed E-state index contributed by atoms with van der Waals surface area (Å²) in [6.07, 6.45) is 5.02. The molecule has 0 saturated heterocycles. The van der Waals surface area contributed by atoms with Crippen molar-refractivity contribution in [1.82, 2.24) is 9.97 Å². The van der Waals surface area contributed by atoms with Crippen LogP contribution in [-0.4, -0.2) is 28.0 Å². The van der Waals surface area contributed by atoms with Crippen LogP contribution in [0.25, 0.3) is 23.2 Å². The molecule has 0 fully saturated rings. The predicted octanol–water partition coefficient (Wildman–Crippen LogP) is 4.08. The molecule has 8 heteroatoms. The first-order chi connectivity index (χ1) is 12.0. The molecule has 0 aliphatic carbocycles. The summed E-state index contributed by atoms with van der Waals surface area (Å²) in [6, 6.07) is 7.70. The maximum Gasteiger partial charge on any atom is 0.354 e. The van der Waals surface area contributed by atoms with Gasteiger partial charge in [0.25, 0.3) is 5.69 Å². The standard InChI is InChI=1S/C17H12ClN3O4/c1-25-17(22)15-8-12-6-10(9-19-16(12)20-15)2-3-11-7-13(21(23)24)4-5-14(11)18/h2-9H,1H3,(H,19,20). The first kappa shape index (κ1) is 16.7. The third kappa shape index (κ3) is 3.51. The fourth-order valence-corrected chi connectivity index (χ4v) is 2.48. The molecule has 0 radical (unpaired) electrons. The molecule has 0 bridgehead atoms. The summed E-state index contributed by atoms with van der Waals surface area (Å²) < 4.78 is 4.66. The van der Waals surface area contributed by atoms with Gasteiger partial charge in [-0.25, -0.2) is 9.78 Å². The van der Waals surface area contributed by atoms with Crippen LogP contribution < -0.4 is 0 Å². The number of methoxy groups -OCH3 is 1. The number of carbonyl (C=O) groups excluding carboxylic acids is 1. The molecule has 2 heterocycles. The number of aromatic amines is 1. The minimum atomic E-state index is -0.477. The van der Waals surface area contributed by atoms with E-state index in [1.165, 1.54) is 25.3 Å². The minimum absolute atomic E-state index is 0.0361. The highest BCUT2D eigenvalue weighted by Crippen LogP contribution is 2.24. The molecule has 25 heavy (non-hydrogen) atoms. The number of carbonyl (C=O) groups is 1. The third-order valence-corrected chi connectivity index (χ3v) is 3.89. The SMILES string of the molecule is COC(=O)c1cc2cc(C=Cc3cc([N+](=O)[O-])ccc3Cl)cnc2[nH]1. The van der Waals surface area contributed by atoms with Gasteiger partial charge >= 0.3 is 5.97 Å². The maximum atomic E-state index is 11.5. The Morgan fingerprint density at radius 3 is 2.84 bits per heavy atom. The van der Waals surface area contributed by atoms with E-state index < -0.39 is 10.9 Å². The molecule has 0 atom stereocenters. The Labute approximate surface area is 147 Å². The van der Waals surface area contributed by atoms with Crippen LogP contribution in [0.15, 0.2) is 36.5 Å². The van der Waals surface area contributed by atoms with E-state index in [0.29, 0.717) is 21.9 Å². The van der Waals surface area contributed by atoms with Crippen LogP contribution in [0, 0.1) is 10.1 Å². The van der Waals surface area contributed by atoms with Crippen LogP contribution in [0.5, 0.6) is 0 Å². The quantitative estimate of drug-likeness (QED) is 0.431. The summed E-state index contributed by atoms with van der Waals surface area (Å²) >= 11 is 6.07. The van der Waals surface area contributed by atoms with E-state index in [1.54, 1.807) is 24.4 Å². The number of benzene rings is 1. The second-order valence-corrected chi connectivity index (χ2v) is 5.58. The molecule has 126 valence electrons.